The van der Waals surface area contributed by atoms with Gasteiger partial charge < -0.3 is 4.90 Å². The largest absolute Gasteiger partial charge is 0.332 e. The third kappa shape index (κ3) is 1.81. The molecule has 1 aliphatic heterocycles. The van der Waals surface area contributed by atoms with Crippen molar-refractivity contribution >= 4 is 11.6 Å². The Hall–Kier alpha value is -1.91. The lowest BCUT2D eigenvalue weighted by Crippen LogP contribution is -2.12. The molecular weight excluding hydrogens is 196 g/mol. The van der Waals surface area contributed by atoms with Crippen LogP contribution in [0, 0.1) is 10.1 Å². The van der Waals surface area contributed by atoms with Gasteiger partial charge in [0.15, 0.2) is 0 Å². The van der Waals surface area contributed by atoms with Gasteiger partial charge in [-0.15, -0.1) is 0 Å². The summed E-state index contributed by atoms with van der Waals surface area (Å²) in [7, 11) is 0. The summed E-state index contributed by atoms with van der Waals surface area (Å²) >= 11 is 0. The zero-order valence-corrected chi connectivity index (χ0v) is 8.21. The van der Waals surface area contributed by atoms with E-state index in [0.717, 1.165) is 6.54 Å². The minimum Gasteiger partial charge on any atom is -0.332 e. The molecule has 15 heavy (non-hydrogen) atoms. The average Bonchev–Trinajstić information content (AvgIpc) is 2.94. The Balaban J connectivity index is 2.16. The van der Waals surface area contributed by atoms with Crippen molar-refractivity contribution in [3.8, 4) is 0 Å². The van der Waals surface area contributed by atoms with E-state index in [-0.39, 0.29) is 11.6 Å². The van der Waals surface area contributed by atoms with Crippen molar-refractivity contribution in [2.45, 2.75) is 13.0 Å². The predicted octanol–water partition coefficient (Wildman–Crippen LogP) is 1.44. The standard InChI is InChI=1S/C10H10N2O3/c1-7-6-11(7)10(13)8-2-4-9(5-3-8)12(14)15/h2-5,7H,6H2,1H3. The van der Waals surface area contributed by atoms with E-state index in [1.54, 1.807) is 4.90 Å². The Morgan fingerprint density at radius 3 is 2.40 bits per heavy atom. The lowest BCUT2D eigenvalue weighted by Gasteiger charge is -2.01. The van der Waals surface area contributed by atoms with Gasteiger partial charge >= 0.3 is 0 Å². The van der Waals surface area contributed by atoms with E-state index in [1.165, 1.54) is 24.3 Å². The zero-order chi connectivity index (χ0) is 11.0. The van der Waals surface area contributed by atoms with Crippen LogP contribution in [-0.4, -0.2) is 28.3 Å². The second-order valence-corrected chi connectivity index (χ2v) is 3.61. The van der Waals surface area contributed by atoms with E-state index in [2.05, 4.69) is 0 Å². The molecule has 5 nitrogen and oxygen atoms in total. The maximum Gasteiger partial charge on any atom is 0.269 e. The molecule has 78 valence electrons. The van der Waals surface area contributed by atoms with Crippen molar-refractivity contribution in [1.82, 2.24) is 4.90 Å². The van der Waals surface area contributed by atoms with Crippen LogP contribution < -0.4 is 0 Å². The number of non-ortho nitro benzene ring substituents is 1. The lowest BCUT2D eigenvalue weighted by molar-refractivity contribution is -0.384. The first-order valence-corrected chi connectivity index (χ1v) is 4.65. The maximum atomic E-state index is 11.7. The van der Waals surface area contributed by atoms with E-state index in [1.807, 2.05) is 6.92 Å². The molecule has 0 bridgehead atoms. The molecule has 1 aliphatic rings. The third-order valence-electron chi connectivity index (χ3n) is 2.45. The van der Waals surface area contributed by atoms with Crippen LogP contribution in [-0.2, 0) is 0 Å². The van der Waals surface area contributed by atoms with Crippen molar-refractivity contribution < 1.29 is 9.72 Å². The number of rotatable bonds is 2. The smallest absolute Gasteiger partial charge is 0.269 e. The van der Waals surface area contributed by atoms with Gasteiger partial charge in [0.1, 0.15) is 0 Å². The number of nitrogens with zero attached hydrogens (tertiary/aromatic N) is 2. The number of nitro benzene ring substituents is 1. The van der Waals surface area contributed by atoms with Crippen LogP contribution in [0.1, 0.15) is 17.3 Å². The van der Waals surface area contributed by atoms with Gasteiger partial charge in [-0.3, -0.25) is 14.9 Å². The molecule has 0 spiro atoms. The summed E-state index contributed by atoms with van der Waals surface area (Å²) in [5, 5.41) is 10.4. The molecule has 1 heterocycles. The lowest BCUT2D eigenvalue weighted by atomic mass is 10.2. The number of hydrogen-bond acceptors (Lipinski definition) is 3. The Morgan fingerprint density at radius 2 is 2.00 bits per heavy atom. The Kier molecular flexibility index (Phi) is 2.15. The topological polar surface area (TPSA) is 63.2 Å². The predicted molar refractivity (Wildman–Crippen MR) is 53.6 cm³/mol. The van der Waals surface area contributed by atoms with Gasteiger partial charge in [-0.2, -0.15) is 0 Å². The fourth-order valence-electron chi connectivity index (χ4n) is 1.41. The summed E-state index contributed by atoms with van der Waals surface area (Å²) in [6.45, 7) is 2.74. The van der Waals surface area contributed by atoms with E-state index < -0.39 is 4.92 Å². The quantitative estimate of drug-likeness (QED) is 0.418. The molecular formula is C10H10N2O3. The van der Waals surface area contributed by atoms with Crippen molar-refractivity contribution in [3.63, 3.8) is 0 Å². The molecule has 0 radical (unpaired) electrons. The molecule has 1 aromatic carbocycles. The van der Waals surface area contributed by atoms with Crippen molar-refractivity contribution in [3.05, 3.63) is 39.9 Å². The van der Waals surface area contributed by atoms with E-state index in [9.17, 15) is 14.9 Å². The summed E-state index contributed by atoms with van der Waals surface area (Å²) in [6, 6.07) is 5.98. The molecule has 1 atom stereocenters. The second-order valence-electron chi connectivity index (χ2n) is 3.61. The summed E-state index contributed by atoms with van der Waals surface area (Å²) in [5.41, 5.74) is 0.510. The Labute approximate surface area is 86.5 Å². The highest BCUT2D eigenvalue weighted by molar-refractivity contribution is 5.96. The molecule has 1 amide bonds. The third-order valence-corrected chi connectivity index (χ3v) is 2.45. The fourth-order valence-corrected chi connectivity index (χ4v) is 1.41. The highest BCUT2D eigenvalue weighted by Crippen LogP contribution is 2.21. The van der Waals surface area contributed by atoms with E-state index in [4.69, 9.17) is 0 Å². The van der Waals surface area contributed by atoms with E-state index >= 15 is 0 Å². The van der Waals surface area contributed by atoms with Crippen LogP contribution in [0.15, 0.2) is 24.3 Å². The second kappa shape index (κ2) is 3.34. The maximum absolute atomic E-state index is 11.7. The zero-order valence-electron chi connectivity index (χ0n) is 8.21. The SMILES string of the molecule is CC1CN1C(=O)c1ccc([N+](=O)[O-])cc1. The molecule has 2 rings (SSSR count). The first-order chi connectivity index (χ1) is 7.09. The molecule has 1 saturated heterocycles. The minimum absolute atomic E-state index is 0.00500. The molecule has 1 aromatic rings. The van der Waals surface area contributed by atoms with Gasteiger partial charge in [0.25, 0.3) is 11.6 Å². The van der Waals surface area contributed by atoms with Crippen LogP contribution in [0.5, 0.6) is 0 Å². The normalized spacial score (nSPS) is 18.7. The highest BCUT2D eigenvalue weighted by Gasteiger charge is 2.34. The molecule has 0 aliphatic carbocycles. The monoisotopic (exact) mass is 206 g/mol. The minimum atomic E-state index is -0.478. The van der Waals surface area contributed by atoms with Crippen molar-refractivity contribution in [1.29, 1.82) is 0 Å². The number of carbonyl (C=O) groups is 1. The molecule has 1 unspecified atom stereocenters. The molecule has 0 aromatic heterocycles. The van der Waals surface area contributed by atoms with Gasteiger partial charge in [-0.1, -0.05) is 0 Å². The fraction of sp³-hybridized carbons (Fsp3) is 0.300. The number of nitro groups is 1. The summed E-state index contributed by atoms with van der Waals surface area (Å²) in [5.74, 6) is -0.0580. The number of carbonyl (C=O) groups excluding carboxylic acids is 1. The first-order valence-electron chi connectivity index (χ1n) is 4.65. The van der Waals surface area contributed by atoms with Crippen LogP contribution in [0.4, 0.5) is 5.69 Å². The summed E-state index contributed by atoms with van der Waals surface area (Å²) < 4.78 is 0. The molecule has 0 saturated carbocycles. The van der Waals surface area contributed by atoms with Crippen LogP contribution in [0.25, 0.3) is 0 Å². The first kappa shape index (κ1) is 9.64. The average molecular weight is 206 g/mol. The summed E-state index contributed by atoms with van der Waals surface area (Å²) in [6.07, 6.45) is 0. The van der Waals surface area contributed by atoms with Gasteiger partial charge in [0.2, 0.25) is 0 Å². The number of benzene rings is 1. The number of hydrogen-bond donors (Lipinski definition) is 0. The number of amides is 1. The Morgan fingerprint density at radius 1 is 1.47 bits per heavy atom. The Bertz CT molecular complexity index is 413. The molecule has 5 heteroatoms. The molecule has 0 N–H and O–H groups in total. The molecule has 1 fully saturated rings. The van der Waals surface area contributed by atoms with Gasteiger partial charge in [0.05, 0.1) is 4.92 Å². The van der Waals surface area contributed by atoms with Gasteiger partial charge in [-0.05, 0) is 19.1 Å². The van der Waals surface area contributed by atoms with Crippen molar-refractivity contribution in [2.75, 3.05) is 6.54 Å². The van der Waals surface area contributed by atoms with Crippen molar-refractivity contribution in [2.24, 2.45) is 0 Å². The van der Waals surface area contributed by atoms with E-state index in [0.29, 0.717) is 11.6 Å². The van der Waals surface area contributed by atoms with Gasteiger partial charge in [0, 0.05) is 30.3 Å². The van der Waals surface area contributed by atoms with Crippen LogP contribution >= 0.6 is 0 Å². The highest BCUT2D eigenvalue weighted by atomic mass is 16.6. The summed E-state index contributed by atoms with van der Waals surface area (Å²) in [4.78, 5) is 23.3. The van der Waals surface area contributed by atoms with Crippen LogP contribution in [0.2, 0.25) is 0 Å². The van der Waals surface area contributed by atoms with Gasteiger partial charge in [-0.25, -0.2) is 0 Å². The van der Waals surface area contributed by atoms with Crippen LogP contribution in [0.3, 0.4) is 0 Å².